The van der Waals surface area contributed by atoms with Crippen molar-refractivity contribution in [3.05, 3.63) is 92.8 Å². The van der Waals surface area contributed by atoms with Crippen LogP contribution < -0.4 is 15.3 Å². The van der Waals surface area contributed by atoms with Crippen LogP contribution in [0.4, 0.5) is 5.69 Å². The number of hydrogen-bond donors (Lipinski definition) is 0. The molecule has 0 N–H and O–H groups in total. The van der Waals surface area contributed by atoms with Crippen LogP contribution in [0.15, 0.2) is 75.9 Å². The topological polar surface area (TPSA) is 42.7 Å². The van der Waals surface area contributed by atoms with Crippen LogP contribution >= 0.6 is 23.2 Å². The van der Waals surface area contributed by atoms with E-state index in [2.05, 4.69) is 0 Å². The molecule has 0 radical (unpaired) electrons. The molecule has 5 rings (SSSR count). The van der Waals surface area contributed by atoms with E-state index >= 15 is 0 Å². The highest BCUT2D eigenvalue weighted by Gasteiger charge is 2.24. The summed E-state index contributed by atoms with van der Waals surface area (Å²) in [6, 6.07) is 20.6. The number of ether oxygens (including phenoxy) is 1. The van der Waals surface area contributed by atoms with Crippen molar-refractivity contribution in [1.82, 2.24) is 0 Å². The molecule has 1 aliphatic heterocycles. The predicted molar refractivity (Wildman–Crippen MR) is 116 cm³/mol. The zero-order chi connectivity index (χ0) is 20.0. The summed E-state index contributed by atoms with van der Waals surface area (Å²) in [5.41, 5.74) is 3.48. The summed E-state index contributed by atoms with van der Waals surface area (Å²) in [6.07, 6.45) is 0. The first-order valence-corrected chi connectivity index (χ1v) is 9.84. The number of rotatable bonds is 2. The van der Waals surface area contributed by atoms with Gasteiger partial charge in [0.1, 0.15) is 11.3 Å². The third kappa shape index (κ3) is 3.15. The average Bonchev–Trinajstić information content (AvgIpc) is 2.75. The summed E-state index contributed by atoms with van der Waals surface area (Å²) in [5.74, 6) is 0.695. The Labute approximate surface area is 176 Å². The normalized spacial score (nSPS) is 13.2. The van der Waals surface area contributed by atoms with Gasteiger partial charge in [0.2, 0.25) is 0 Å². The SMILES string of the molecule is O=c1cc(-c2ccccc2)c2ccc3c(c2o1)CN(c1cccc(Cl)c1Cl)CO3. The van der Waals surface area contributed by atoms with Gasteiger partial charge in [-0.25, -0.2) is 4.79 Å². The summed E-state index contributed by atoms with van der Waals surface area (Å²) in [6.45, 7) is 0.801. The summed E-state index contributed by atoms with van der Waals surface area (Å²) in [4.78, 5) is 14.3. The Hall–Kier alpha value is -2.95. The minimum Gasteiger partial charge on any atom is -0.473 e. The average molecular weight is 424 g/mol. The molecule has 0 unspecified atom stereocenters. The van der Waals surface area contributed by atoms with Crippen LogP contribution in [0.2, 0.25) is 10.0 Å². The molecule has 0 spiro atoms. The van der Waals surface area contributed by atoms with Crippen molar-refractivity contribution in [1.29, 1.82) is 0 Å². The fraction of sp³-hybridized carbons (Fsp3) is 0.0870. The van der Waals surface area contributed by atoms with Gasteiger partial charge in [-0.15, -0.1) is 0 Å². The molecule has 0 bridgehead atoms. The highest BCUT2D eigenvalue weighted by atomic mass is 35.5. The standard InChI is InChI=1S/C23H15Cl2NO3/c24-18-7-4-8-19(22(18)25)26-12-17-20(28-13-26)10-9-15-16(11-21(27)29-23(15)17)14-5-2-1-3-6-14/h1-11H,12-13H2. The molecule has 29 heavy (non-hydrogen) atoms. The molecule has 4 nitrogen and oxygen atoms in total. The number of anilines is 1. The lowest BCUT2D eigenvalue weighted by atomic mass is 9.99. The Morgan fingerprint density at radius 3 is 2.59 bits per heavy atom. The van der Waals surface area contributed by atoms with Gasteiger partial charge in [0, 0.05) is 11.5 Å². The highest BCUT2D eigenvalue weighted by molar-refractivity contribution is 6.43. The van der Waals surface area contributed by atoms with Gasteiger partial charge < -0.3 is 14.1 Å². The zero-order valence-electron chi connectivity index (χ0n) is 15.2. The van der Waals surface area contributed by atoms with E-state index in [4.69, 9.17) is 32.4 Å². The fourth-order valence-corrected chi connectivity index (χ4v) is 4.10. The van der Waals surface area contributed by atoms with Crippen LogP contribution in [0.3, 0.4) is 0 Å². The Kier molecular flexibility index (Phi) is 4.46. The van der Waals surface area contributed by atoms with E-state index in [1.165, 1.54) is 6.07 Å². The van der Waals surface area contributed by atoms with Gasteiger partial charge in [-0.1, -0.05) is 59.6 Å². The number of nitrogens with zero attached hydrogens (tertiary/aromatic N) is 1. The number of hydrogen-bond acceptors (Lipinski definition) is 4. The fourth-order valence-electron chi connectivity index (χ4n) is 3.68. The van der Waals surface area contributed by atoms with Crippen molar-refractivity contribution < 1.29 is 9.15 Å². The summed E-state index contributed by atoms with van der Waals surface area (Å²) < 4.78 is 11.6. The van der Waals surface area contributed by atoms with E-state index in [-0.39, 0.29) is 0 Å². The third-order valence-corrected chi connectivity index (χ3v) is 5.86. The van der Waals surface area contributed by atoms with Crippen LogP contribution in [0.25, 0.3) is 22.1 Å². The minimum absolute atomic E-state index is 0.321. The molecule has 2 heterocycles. The molecule has 4 aromatic rings. The lowest BCUT2D eigenvalue weighted by Gasteiger charge is -2.31. The van der Waals surface area contributed by atoms with E-state index in [0.717, 1.165) is 27.8 Å². The number of benzene rings is 3. The molecule has 0 fully saturated rings. The number of halogens is 2. The van der Waals surface area contributed by atoms with Gasteiger partial charge >= 0.3 is 5.63 Å². The summed E-state index contributed by atoms with van der Waals surface area (Å²) in [7, 11) is 0. The van der Waals surface area contributed by atoms with Crippen LogP contribution in [-0.4, -0.2) is 6.73 Å². The molecule has 144 valence electrons. The largest absolute Gasteiger partial charge is 0.473 e. The maximum Gasteiger partial charge on any atom is 0.336 e. The lowest BCUT2D eigenvalue weighted by Crippen LogP contribution is -2.32. The molecular weight excluding hydrogens is 409 g/mol. The van der Waals surface area contributed by atoms with Gasteiger partial charge in [0.05, 0.1) is 27.8 Å². The van der Waals surface area contributed by atoms with Crippen molar-refractivity contribution in [3.63, 3.8) is 0 Å². The molecule has 0 amide bonds. The molecule has 0 saturated carbocycles. The Morgan fingerprint density at radius 2 is 1.76 bits per heavy atom. The van der Waals surface area contributed by atoms with Gasteiger partial charge in [-0.2, -0.15) is 0 Å². The first-order chi connectivity index (χ1) is 14.1. The van der Waals surface area contributed by atoms with E-state index < -0.39 is 5.63 Å². The van der Waals surface area contributed by atoms with Crippen LogP contribution in [0.5, 0.6) is 5.75 Å². The van der Waals surface area contributed by atoms with E-state index in [1.807, 2.05) is 59.5 Å². The maximum absolute atomic E-state index is 12.4. The van der Waals surface area contributed by atoms with Crippen molar-refractivity contribution in [2.45, 2.75) is 6.54 Å². The van der Waals surface area contributed by atoms with Crippen molar-refractivity contribution in [3.8, 4) is 16.9 Å². The van der Waals surface area contributed by atoms with Gasteiger partial charge in [-0.05, 0) is 35.4 Å². The third-order valence-electron chi connectivity index (χ3n) is 5.05. The Bertz CT molecular complexity index is 1280. The van der Waals surface area contributed by atoms with Crippen molar-refractivity contribution in [2.24, 2.45) is 0 Å². The van der Waals surface area contributed by atoms with Gasteiger partial charge in [0.15, 0.2) is 6.73 Å². The van der Waals surface area contributed by atoms with Crippen LogP contribution in [0.1, 0.15) is 5.56 Å². The summed E-state index contributed by atoms with van der Waals surface area (Å²) in [5, 5.41) is 1.80. The smallest absolute Gasteiger partial charge is 0.336 e. The second-order valence-corrected chi connectivity index (χ2v) is 7.59. The second-order valence-electron chi connectivity index (χ2n) is 6.81. The molecular formula is C23H15Cl2NO3. The van der Waals surface area contributed by atoms with Crippen LogP contribution in [0, 0.1) is 0 Å². The first kappa shape index (κ1) is 18.1. The molecule has 0 atom stereocenters. The van der Waals surface area contributed by atoms with Gasteiger partial charge in [-0.3, -0.25) is 0 Å². The van der Waals surface area contributed by atoms with Crippen molar-refractivity contribution >= 4 is 39.9 Å². The predicted octanol–water partition coefficient (Wildman–Crippen LogP) is 6.12. The quantitative estimate of drug-likeness (QED) is 0.364. The number of fused-ring (bicyclic) bond motifs is 3. The minimum atomic E-state index is -0.400. The van der Waals surface area contributed by atoms with Gasteiger partial charge in [0.25, 0.3) is 0 Å². The van der Waals surface area contributed by atoms with E-state index in [1.54, 1.807) is 6.07 Å². The molecule has 1 aromatic heterocycles. The van der Waals surface area contributed by atoms with Crippen LogP contribution in [-0.2, 0) is 6.54 Å². The lowest BCUT2D eigenvalue weighted by molar-refractivity contribution is 0.289. The Balaban J connectivity index is 1.68. The molecule has 6 heteroatoms. The Morgan fingerprint density at radius 1 is 0.931 bits per heavy atom. The monoisotopic (exact) mass is 423 g/mol. The molecule has 3 aromatic carbocycles. The molecule has 0 saturated heterocycles. The summed E-state index contributed by atoms with van der Waals surface area (Å²) >= 11 is 12.6. The highest BCUT2D eigenvalue weighted by Crippen LogP contribution is 2.39. The zero-order valence-corrected chi connectivity index (χ0v) is 16.7. The molecule has 0 aliphatic carbocycles. The van der Waals surface area contributed by atoms with E-state index in [9.17, 15) is 4.79 Å². The molecule has 1 aliphatic rings. The van der Waals surface area contributed by atoms with Crippen molar-refractivity contribution in [2.75, 3.05) is 11.6 Å². The maximum atomic E-state index is 12.4. The van der Waals surface area contributed by atoms with E-state index in [0.29, 0.717) is 34.7 Å². The second kappa shape index (κ2) is 7.14. The first-order valence-electron chi connectivity index (χ1n) is 9.09.